The molecule has 1 aliphatic rings. The van der Waals surface area contributed by atoms with E-state index in [2.05, 4.69) is 5.16 Å². The Labute approximate surface area is 147 Å². The molecule has 0 spiro atoms. The number of sulfonamides is 1. The number of aromatic nitrogens is 1. The number of benzene rings is 1. The molecule has 2 heterocycles. The third kappa shape index (κ3) is 3.50. The Bertz CT molecular complexity index is 849. The van der Waals surface area contributed by atoms with Crippen LogP contribution in [0.25, 0.3) is 0 Å². The third-order valence-electron chi connectivity index (χ3n) is 4.47. The molecule has 1 aromatic carbocycles. The van der Waals surface area contributed by atoms with Gasteiger partial charge < -0.3 is 15.0 Å². The van der Waals surface area contributed by atoms with E-state index in [9.17, 15) is 8.42 Å². The number of hydrogen-bond donors (Lipinski definition) is 1. The van der Waals surface area contributed by atoms with Crippen molar-refractivity contribution >= 4 is 15.8 Å². The lowest BCUT2D eigenvalue weighted by Gasteiger charge is -2.31. The predicted octanol–water partition coefficient (Wildman–Crippen LogP) is 2.41. The molecule has 1 aromatic heterocycles. The van der Waals surface area contributed by atoms with Gasteiger partial charge in [0.15, 0.2) is 16.5 Å². The van der Waals surface area contributed by atoms with Gasteiger partial charge in [-0.2, -0.15) is 4.31 Å². The quantitative estimate of drug-likeness (QED) is 0.893. The Morgan fingerprint density at radius 2 is 1.92 bits per heavy atom. The van der Waals surface area contributed by atoms with E-state index in [-0.39, 0.29) is 22.6 Å². The van der Waals surface area contributed by atoms with Gasteiger partial charge in [0.05, 0.1) is 0 Å². The summed E-state index contributed by atoms with van der Waals surface area (Å²) in [5.41, 5.74) is 7.87. The second-order valence-corrected chi connectivity index (χ2v) is 8.32. The molecule has 1 saturated heterocycles. The molecule has 2 aromatic rings. The average molecular weight is 365 g/mol. The van der Waals surface area contributed by atoms with Crippen molar-refractivity contribution in [1.29, 1.82) is 0 Å². The Hall–Kier alpha value is -2.06. The summed E-state index contributed by atoms with van der Waals surface area (Å²) in [4.78, 5) is -0.0265. The van der Waals surface area contributed by atoms with Crippen LogP contribution in [0, 0.1) is 20.8 Å². The summed E-state index contributed by atoms with van der Waals surface area (Å²) in [6.45, 7) is 6.33. The van der Waals surface area contributed by atoms with Crippen molar-refractivity contribution in [1.82, 2.24) is 9.46 Å². The lowest BCUT2D eigenvalue weighted by molar-refractivity contribution is 0.134. The van der Waals surface area contributed by atoms with Gasteiger partial charge >= 0.3 is 0 Å². The number of nitrogen functional groups attached to an aromatic ring is 1. The fourth-order valence-electron chi connectivity index (χ4n) is 3.03. The highest BCUT2D eigenvalue weighted by Gasteiger charge is 2.34. The van der Waals surface area contributed by atoms with Gasteiger partial charge in [0.2, 0.25) is 10.0 Å². The first kappa shape index (κ1) is 17.8. The van der Waals surface area contributed by atoms with Crippen LogP contribution in [0.4, 0.5) is 5.82 Å². The summed E-state index contributed by atoms with van der Waals surface area (Å²) < 4.78 is 37.9. The maximum absolute atomic E-state index is 12.8. The number of ether oxygens (including phenoxy) is 1. The summed E-state index contributed by atoms with van der Waals surface area (Å²) >= 11 is 0. The van der Waals surface area contributed by atoms with Gasteiger partial charge in [-0.05, 0) is 50.8 Å². The summed E-state index contributed by atoms with van der Waals surface area (Å²) in [5.74, 6) is 0.984. The molecule has 25 heavy (non-hydrogen) atoms. The fraction of sp³-hybridized carbons (Fsp3) is 0.471. The molecule has 0 radical (unpaired) electrons. The first-order chi connectivity index (χ1) is 11.8. The van der Waals surface area contributed by atoms with Crippen LogP contribution in [0.2, 0.25) is 0 Å². The molecule has 0 aliphatic carbocycles. The van der Waals surface area contributed by atoms with Crippen LogP contribution in [0.15, 0.2) is 27.6 Å². The minimum absolute atomic E-state index is 0.00660. The Kier molecular flexibility index (Phi) is 4.75. The monoisotopic (exact) mass is 365 g/mol. The Balaban J connectivity index is 1.69. The van der Waals surface area contributed by atoms with Crippen molar-refractivity contribution < 1.29 is 17.7 Å². The SMILES string of the molecule is Cc1ccc(C)c(OC2CCN(S(=O)(=O)c3c(N)noc3C)CC2)c1. The van der Waals surface area contributed by atoms with E-state index in [0.29, 0.717) is 25.9 Å². The van der Waals surface area contributed by atoms with Gasteiger partial charge in [0, 0.05) is 13.1 Å². The molecular formula is C17H23N3O4S. The number of aryl methyl sites for hydroxylation is 3. The van der Waals surface area contributed by atoms with Crippen LogP contribution < -0.4 is 10.5 Å². The van der Waals surface area contributed by atoms with Crippen molar-refractivity contribution in [2.75, 3.05) is 18.8 Å². The molecule has 136 valence electrons. The van der Waals surface area contributed by atoms with E-state index < -0.39 is 10.0 Å². The van der Waals surface area contributed by atoms with E-state index in [1.54, 1.807) is 6.92 Å². The van der Waals surface area contributed by atoms with E-state index in [0.717, 1.165) is 16.9 Å². The molecule has 7 nitrogen and oxygen atoms in total. The maximum atomic E-state index is 12.8. The topological polar surface area (TPSA) is 98.7 Å². The highest BCUT2D eigenvalue weighted by Crippen LogP contribution is 2.29. The number of hydrogen-bond acceptors (Lipinski definition) is 6. The minimum atomic E-state index is -3.69. The van der Waals surface area contributed by atoms with Crippen molar-refractivity contribution in [2.24, 2.45) is 0 Å². The van der Waals surface area contributed by atoms with E-state index in [1.165, 1.54) is 4.31 Å². The number of anilines is 1. The number of nitrogens with two attached hydrogens (primary N) is 1. The van der Waals surface area contributed by atoms with E-state index >= 15 is 0 Å². The molecule has 0 amide bonds. The molecule has 3 rings (SSSR count). The number of piperidine rings is 1. The first-order valence-corrected chi connectivity index (χ1v) is 9.69. The Morgan fingerprint density at radius 3 is 2.52 bits per heavy atom. The highest BCUT2D eigenvalue weighted by atomic mass is 32.2. The lowest BCUT2D eigenvalue weighted by Crippen LogP contribution is -2.42. The molecule has 0 bridgehead atoms. The third-order valence-corrected chi connectivity index (χ3v) is 6.53. The highest BCUT2D eigenvalue weighted by molar-refractivity contribution is 7.89. The molecule has 8 heteroatoms. The molecule has 2 N–H and O–H groups in total. The zero-order chi connectivity index (χ0) is 18.2. The fourth-order valence-corrected chi connectivity index (χ4v) is 4.68. The van der Waals surface area contributed by atoms with Gasteiger partial charge in [-0.3, -0.25) is 0 Å². The first-order valence-electron chi connectivity index (χ1n) is 8.25. The largest absolute Gasteiger partial charge is 0.490 e. The number of rotatable bonds is 4. The van der Waals surface area contributed by atoms with Crippen LogP contribution in [0.3, 0.4) is 0 Å². The van der Waals surface area contributed by atoms with E-state index in [1.807, 2.05) is 32.0 Å². The zero-order valence-electron chi connectivity index (χ0n) is 14.7. The van der Waals surface area contributed by atoms with Crippen molar-refractivity contribution in [3.63, 3.8) is 0 Å². The van der Waals surface area contributed by atoms with Crippen LogP contribution in [0.1, 0.15) is 29.7 Å². The Morgan fingerprint density at radius 1 is 1.24 bits per heavy atom. The summed E-state index contributed by atoms with van der Waals surface area (Å²) in [7, 11) is -3.69. The predicted molar refractivity (Wildman–Crippen MR) is 94.0 cm³/mol. The molecule has 0 atom stereocenters. The smallest absolute Gasteiger partial charge is 0.250 e. The molecular weight excluding hydrogens is 342 g/mol. The normalized spacial score (nSPS) is 16.9. The van der Waals surface area contributed by atoms with Crippen molar-refractivity contribution in [2.45, 2.75) is 44.6 Å². The van der Waals surface area contributed by atoms with E-state index in [4.69, 9.17) is 15.0 Å². The van der Waals surface area contributed by atoms with Gasteiger partial charge in [-0.25, -0.2) is 8.42 Å². The van der Waals surface area contributed by atoms with Crippen LogP contribution >= 0.6 is 0 Å². The molecule has 1 aliphatic heterocycles. The van der Waals surface area contributed by atoms with Gasteiger partial charge in [0.25, 0.3) is 0 Å². The molecule has 0 saturated carbocycles. The van der Waals surface area contributed by atoms with Gasteiger partial charge in [-0.1, -0.05) is 17.3 Å². The van der Waals surface area contributed by atoms with Crippen LogP contribution in [-0.4, -0.2) is 37.1 Å². The summed E-state index contributed by atoms with van der Waals surface area (Å²) in [5, 5.41) is 3.54. The van der Waals surface area contributed by atoms with Crippen LogP contribution in [-0.2, 0) is 10.0 Å². The standard InChI is InChI=1S/C17H23N3O4S/c1-11-4-5-12(2)15(10-11)23-14-6-8-20(9-7-14)25(21,22)16-13(3)24-19-17(16)18/h4-5,10,14H,6-9H2,1-3H3,(H2,18,19). The molecule has 0 unspecified atom stereocenters. The average Bonchev–Trinajstić information content (AvgIpc) is 2.91. The van der Waals surface area contributed by atoms with Crippen LogP contribution in [0.5, 0.6) is 5.75 Å². The second-order valence-electron chi connectivity index (χ2n) is 6.44. The van der Waals surface area contributed by atoms with Gasteiger partial charge in [0.1, 0.15) is 11.9 Å². The summed E-state index contributed by atoms with van der Waals surface area (Å²) in [6.07, 6.45) is 1.24. The second kappa shape index (κ2) is 6.68. The maximum Gasteiger partial charge on any atom is 0.250 e. The molecule has 1 fully saturated rings. The van der Waals surface area contributed by atoms with Gasteiger partial charge in [-0.15, -0.1) is 0 Å². The zero-order valence-corrected chi connectivity index (χ0v) is 15.5. The number of nitrogens with zero attached hydrogens (tertiary/aromatic N) is 2. The lowest BCUT2D eigenvalue weighted by atomic mass is 10.1. The summed E-state index contributed by atoms with van der Waals surface area (Å²) in [6, 6.07) is 6.09. The van der Waals surface area contributed by atoms with Crippen molar-refractivity contribution in [3.05, 3.63) is 35.1 Å². The van der Waals surface area contributed by atoms with Crippen molar-refractivity contribution in [3.8, 4) is 5.75 Å². The minimum Gasteiger partial charge on any atom is -0.490 e.